The van der Waals surface area contributed by atoms with Crippen LogP contribution in [0.4, 0.5) is 0 Å². The van der Waals surface area contributed by atoms with Crippen LogP contribution in [-0.4, -0.2) is 42.5 Å². The van der Waals surface area contributed by atoms with E-state index in [0.717, 1.165) is 0 Å². The lowest BCUT2D eigenvalue weighted by molar-refractivity contribution is 0.158. The van der Waals surface area contributed by atoms with E-state index < -0.39 is 0 Å². The number of likely N-dealkylation sites (tertiary alicyclic amines) is 1. The Morgan fingerprint density at radius 3 is 2.68 bits per heavy atom. The van der Waals surface area contributed by atoms with Gasteiger partial charge in [-0.3, -0.25) is 4.90 Å². The third kappa shape index (κ3) is 3.02. The Labute approximate surface area is 141 Å². The number of hydrogen-bond acceptors (Lipinski definition) is 4. The first-order valence-corrected chi connectivity index (χ1v) is 10.2. The van der Waals surface area contributed by atoms with Gasteiger partial charge < -0.3 is 4.90 Å². The second-order valence-corrected chi connectivity index (χ2v) is 8.39. The molecule has 2 aromatic rings. The van der Waals surface area contributed by atoms with Gasteiger partial charge in [-0.15, -0.1) is 22.7 Å². The molecule has 118 valence electrons. The molecular weight excluding hydrogens is 308 g/mol. The summed E-state index contributed by atoms with van der Waals surface area (Å²) in [6.07, 6.45) is 5.44. The highest BCUT2D eigenvalue weighted by atomic mass is 32.1. The van der Waals surface area contributed by atoms with Gasteiger partial charge >= 0.3 is 0 Å². The molecule has 0 aromatic carbocycles. The van der Waals surface area contributed by atoms with Crippen LogP contribution in [-0.2, 0) is 6.42 Å². The maximum atomic E-state index is 2.72. The zero-order valence-electron chi connectivity index (χ0n) is 13.0. The van der Waals surface area contributed by atoms with Gasteiger partial charge in [0.1, 0.15) is 0 Å². The minimum Gasteiger partial charge on any atom is -0.302 e. The first-order valence-electron chi connectivity index (χ1n) is 8.48. The number of hydrogen-bond donors (Lipinski definition) is 0. The van der Waals surface area contributed by atoms with Gasteiger partial charge in [0.15, 0.2) is 0 Å². The SMILES string of the molecule is c1csc(C2c3ccsc3CCN2CCN2CCCCC2)c1. The van der Waals surface area contributed by atoms with Crippen LogP contribution in [0.1, 0.15) is 40.6 Å². The van der Waals surface area contributed by atoms with Crippen molar-refractivity contribution in [2.75, 3.05) is 32.7 Å². The molecule has 0 bridgehead atoms. The molecule has 1 atom stereocenters. The van der Waals surface area contributed by atoms with Gasteiger partial charge in [-0.2, -0.15) is 0 Å². The summed E-state index contributed by atoms with van der Waals surface area (Å²) in [5.41, 5.74) is 1.57. The van der Waals surface area contributed by atoms with Gasteiger partial charge in [0.05, 0.1) is 6.04 Å². The Balaban J connectivity index is 1.50. The van der Waals surface area contributed by atoms with Crippen molar-refractivity contribution in [3.05, 3.63) is 44.3 Å². The van der Waals surface area contributed by atoms with Gasteiger partial charge in [0, 0.05) is 29.4 Å². The second-order valence-electron chi connectivity index (χ2n) is 6.41. The minimum absolute atomic E-state index is 0.500. The molecule has 2 aromatic heterocycles. The summed E-state index contributed by atoms with van der Waals surface area (Å²) in [6, 6.07) is 7.37. The van der Waals surface area contributed by atoms with E-state index in [0.29, 0.717) is 6.04 Å². The van der Waals surface area contributed by atoms with Crippen LogP contribution in [0.15, 0.2) is 29.0 Å². The molecule has 2 aliphatic heterocycles. The maximum Gasteiger partial charge on any atom is 0.0707 e. The van der Waals surface area contributed by atoms with Crippen LogP contribution in [0.2, 0.25) is 0 Å². The van der Waals surface area contributed by atoms with E-state index >= 15 is 0 Å². The Kier molecular flexibility index (Phi) is 4.62. The van der Waals surface area contributed by atoms with Gasteiger partial charge in [-0.1, -0.05) is 12.5 Å². The van der Waals surface area contributed by atoms with Gasteiger partial charge in [0.25, 0.3) is 0 Å². The van der Waals surface area contributed by atoms with Gasteiger partial charge in [-0.05, 0) is 60.8 Å². The molecule has 4 heteroatoms. The Morgan fingerprint density at radius 2 is 1.86 bits per heavy atom. The average Bonchev–Trinajstić information content (AvgIpc) is 3.24. The molecule has 0 aliphatic carbocycles. The summed E-state index contributed by atoms with van der Waals surface area (Å²) in [4.78, 5) is 8.50. The summed E-state index contributed by atoms with van der Waals surface area (Å²) >= 11 is 3.85. The zero-order chi connectivity index (χ0) is 14.8. The summed E-state index contributed by atoms with van der Waals surface area (Å²) in [7, 11) is 0. The fourth-order valence-corrected chi connectivity index (χ4v) is 5.62. The molecule has 2 aliphatic rings. The zero-order valence-corrected chi connectivity index (χ0v) is 14.7. The molecule has 0 amide bonds. The van der Waals surface area contributed by atoms with Crippen LogP contribution >= 0.6 is 22.7 Å². The number of piperidine rings is 1. The quantitative estimate of drug-likeness (QED) is 0.826. The van der Waals surface area contributed by atoms with E-state index in [4.69, 9.17) is 0 Å². The van der Waals surface area contributed by atoms with Crippen molar-refractivity contribution in [1.82, 2.24) is 9.80 Å². The van der Waals surface area contributed by atoms with Gasteiger partial charge in [-0.25, -0.2) is 0 Å². The molecule has 4 heterocycles. The predicted octanol–water partition coefficient (Wildman–Crippen LogP) is 4.24. The highest BCUT2D eigenvalue weighted by Crippen LogP contribution is 2.39. The van der Waals surface area contributed by atoms with E-state index in [1.165, 1.54) is 63.3 Å². The Hall–Kier alpha value is -0.680. The number of fused-ring (bicyclic) bond motifs is 1. The third-order valence-corrected chi connectivity index (χ3v) is 6.95. The molecule has 0 spiro atoms. The van der Waals surface area contributed by atoms with Crippen molar-refractivity contribution in [3.63, 3.8) is 0 Å². The first-order chi connectivity index (χ1) is 10.9. The van der Waals surface area contributed by atoms with Crippen molar-refractivity contribution < 1.29 is 0 Å². The molecule has 1 saturated heterocycles. The molecular formula is C18H24N2S2. The number of nitrogens with zero attached hydrogens (tertiary/aromatic N) is 2. The fourth-order valence-electron chi connectivity index (χ4n) is 3.84. The van der Waals surface area contributed by atoms with E-state index in [9.17, 15) is 0 Å². The Morgan fingerprint density at radius 1 is 0.955 bits per heavy atom. The van der Waals surface area contributed by atoms with Gasteiger partial charge in [0.2, 0.25) is 0 Å². The monoisotopic (exact) mass is 332 g/mol. The molecule has 4 rings (SSSR count). The summed E-state index contributed by atoms with van der Waals surface area (Å²) in [5.74, 6) is 0. The van der Waals surface area contributed by atoms with Crippen molar-refractivity contribution in [3.8, 4) is 0 Å². The summed E-state index contributed by atoms with van der Waals surface area (Å²) in [5, 5.41) is 4.50. The standard InChI is InChI=1S/C18H24N2S2/c1-2-8-19(9-3-1)11-12-20-10-6-16-15(7-14-22-16)18(20)17-5-4-13-21-17/h4-5,7,13-14,18H,1-3,6,8-12H2. The van der Waals surface area contributed by atoms with Crippen molar-refractivity contribution >= 4 is 22.7 Å². The predicted molar refractivity (Wildman–Crippen MR) is 96.0 cm³/mol. The lowest BCUT2D eigenvalue weighted by Crippen LogP contribution is -2.42. The number of rotatable bonds is 4. The average molecular weight is 333 g/mol. The normalized spacial score (nSPS) is 23.5. The molecule has 22 heavy (non-hydrogen) atoms. The van der Waals surface area contributed by atoms with Crippen LogP contribution in [0, 0.1) is 0 Å². The molecule has 2 nitrogen and oxygen atoms in total. The molecule has 0 saturated carbocycles. The smallest absolute Gasteiger partial charge is 0.0707 e. The van der Waals surface area contributed by atoms with Crippen molar-refractivity contribution in [2.24, 2.45) is 0 Å². The van der Waals surface area contributed by atoms with Crippen molar-refractivity contribution in [2.45, 2.75) is 31.7 Å². The lowest BCUT2D eigenvalue weighted by atomic mass is 9.98. The summed E-state index contributed by atoms with van der Waals surface area (Å²) < 4.78 is 0. The lowest BCUT2D eigenvalue weighted by Gasteiger charge is -2.37. The maximum absolute atomic E-state index is 2.72. The molecule has 1 fully saturated rings. The van der Waals surface area contributed by atoms with E-state index in [2.05, 4.69) is 38.8 Å². The molecule has 1 unspecified atom stereocenters. The minimum atomic E-state index is 0.500. The van der Waals surface area contributed by atoms with Crippen LogP contribution in [0.3, 0.4) is 0 Å². The second kappa shape index (κ2) is 6.83. The van der Waals surface area contributed by atoms with Crippen LogP contribution in [0.5, 0.6) is 0 Å². The fraction of sp³-hybridized carbons (Fsp3) is 0.556. The van der Waals surface area contributed by atoms with Crippen LogP contribution in [0.25, 0.3) is 0 Å². The third-order valence-electron chi connectivity index (χ3n) is 5.03. The largest absolute Gasteiger partial charge is 0.302 e. The van der Waals surface area contributed by atoms with Crippen molar-refractivity contribution in [1.29, 1.82) is 0 Å². The molecule has 0 N–H and O–H groups in total. The van der Waals surface area contributed by atoms with E-state index in [1.807, 2.05) is 22.7 Å². The summed E-state index contributed by atoms with van der Waals surface area (Å²) in [6.45, 7) is 6.27. The topological polar surface area (TPSA) is 6.48 Å². The molecule has 0 radical (unpaired) electrons. The van der Waals surface area contributed by atoms with Crippen LogP contribution < -0.4 is 0 Å². The number of thiophene rings is 2. The van der Waals surface area contributed by atoms with E-state index in [1.54, 1.807) is 10.4 Å². The highest BCUT2D eigenvalue weighted by Gasteiger charge is 2.30. The highest BCUT2D eigenvalue weighted by molar-refractivity contribution is 7.10. The first kappa shape index (κ1) is 14.9. The van der Waals surface area contributed by atoms with E-state index in [-0.39, 0.29) is 0 Å². The Bertz CT molecular complexity index is 584.